The van der Waals surface area contributed by atoms with Gasteiger partial charge in [0.05, 0.1) is 6.04 Å². The van der Waals surface area contributed by atoms with E-state index >= 15 is 0 Å². The van der Waals surface area contributed by atoms with Crippen molar-refractivity contribution in [3.05, 3.63) is 34.6 Å². The van der Waals surface area contributed by atoms with E-state index in [0.29, 0.717) is 11.7 Å². The van der Waals surface area contributed by atoms with E-state index in [9.17, 15) is 0 Å². The monoisotopic (exact) mass is 336 g/mol. The van der Waals surface area contributed by atoms with Crippen LogP contribution in [0.4, 0.5) is 0 Å². The molecule has 1 N–H and O–H groups in total. The minimum Gasteiger partial charge on any atom is -0.337 e. The second kappa shape index (κ2) is 6.03. The summed E-state index contributed by atoms with van der Waals surface area (Å²) in [4.78, 5) is 6.90. The average molecular weight is 337 g/mol. The fourth-order valence-corrected chi connectivity index (χ4v) is 2.84. The third kappa shape index (κ3) is 2.77. The lowest BCUT2D eigenvalue weighted by Crippen LogP contribution is -2.44. The number of benzene rings is 1. The predicted octanol–water partition coefficient (Wildman–Crippen LogP) is 2.47. The van der Waals surface area contributed by atoms with Crippen molar-refractivity contribution in [1.29, 1.82) is 0 Å². The Hall–Kier alpha value is -1.24. The van der Waals surface area contributed by atoms with E-state index in [0.717, 1.165) is 36.2 Å². The van der Waals surface area contributed by atoms with Gasteiger partial charge in [0.25, 0.3) is 0 Å². The van der Waals surface area contributed by atoms with Crippen LogP contribution in [0, 0.1) is 0 Å². The van der Waals surface area contributed by atoms with Crippen LogP contribution in [0.1, 0.15) is 18.9 Å². The van der Waals surface area contributed by atoms with Crippen molar-refractivity contribution in [1.82, 2.24) is 20.4 Å². The molecule has 3 rings (SSSR count). The molecule has 0 spiro atoms. The third-order valence-corrected chi connectivity index (χ3v) is 4.30. The molecular formula is C14H17BrN4O. The van der Waals surface area contributed by atoms with Gasteiger partial charge in [0, 0.05) is 36.2 Å². The maximum atomic E-state index is 5.45. The normalized spacial score (nSPS) is 18.1. The molecule has 6 heteroatoms. The Kier molecular flexibility index (Phi) is 4.14. The van der Waals surface area contributed by atoms with E-state index in [-0.39, 0.29) is 6.04 Å². The second-order valence-electron chi connectivity index (χ2n) is 4.90. The lowest BCUT2D eigenvalue weighted by Gasteiger charge is -2.30. The molecule has 1 atom stereocenters. The highest BCUT2D eigenvalue weighted by Gasteiger charge is 2.23. The Morgan fingerprint density at radius 1 is 1.30 bits per heavy atom. The smallest absolute Gasteiger partial charge is 0.244 e. The summed E-state index contributed by atoms with van der Waals surface area (Å²) in [5.74, 6) is 1.31. The van der Waals surface area contributed by atoms with Crippen LogP contribution in [0.15, 0.2) is 33.3 Å². The highest BCUT2D eigenvalue weighted by atomic mass is 79.9. The maximum Gasteiger partial charge on any atom is 0.244 e. The number of hydrogen-bond donors (Lipinski definition) is 1. The molecule has 1 fully saturated rings. The van der Waals surface area contributed by atoms with Crippen molar-refractivity contribution in [2.75, 3.05) is 26.2 Å². The van der Waals surface area contributed by atoms with E-state index in [1.165, 1.54) is 0 Å². The van der Waals surface area contributed by atoms with Gasteiger partial charge in [0.15, 0.2) is 0 Å². The van der Waals surface area contributed by atoms with E-state index in [1.807, 2.05) is 24.3 Å². The lowest BCUT2D eigenvalue weighted by atomic mass is 10.2. The molecular weight excluding hydrogens is 320 g/mol. The molecule has 1 aliphatic heterocycles. The van der Waals surface area contributed by atoms with Crippen molar-refractivity contribution in [2.24, 2.45) is 0 Å². The highest BCUT2D eigenvalue weighted by molar-refractivity contribution is 9.10. The standard InChI is InChI=1S/C14H17BrN4O/c1-10(19-8-6-16-7-9-19)14-17-13(18-20-14)11-4-2-3-5-12(11)15/h2-5,10,16H,6-9H2,1H3. The second-order valence-corrected chi connectivity index (χ2v) is 5.75. The molecule has 0 aliphatic carbocycles. The fourth-order valence-electron chi connectivity index (χ4n) is 2.38. The van der Waals surface area contributed by atoms with Crippen molar-refractivity contribution in [2.45, 2.75) is 13.0 Å². The van der Waals surface area contributed by atoms with Gasteiger partial charge < -0.3 is 9.84 Å². The number of halogens is 1. The highest BCUT2D eigenvalue weighted by Crippen LogP contribution is 2.27. The van der Waals surface area contributed by atoms with Crippen LogP contribution >= 0.6 is 15.9 Å². The molecule has 2 aromatic rings. The van der Waals surface area contributed by atoms with E-state index in [2.05, 4.69) is 43.2 Å². The third-order valence-electron chi connectivity index (χ3n) is 3.61. The van der Waals surface area contributed by atoms with Crippen LogP contribution in [0.5, 0.6) is 0 Å². The van der Waals surface area contributed by atoms with Crippen LogP contribution in [-0.2, 0) is 0 Å². The topological polar surface area (TPSA) is 54.2 Å². The number of rotatable bonds is 3. The Balaban J connectivity index is 1.81. The average Bonchev–Trinajstić information content (AvgIpc) is 2.97. The summed E-state index contributed by atoms with van der Waals surface area (Å²) in [5.41, 5.74) is 0.954. The molecule has 0 bridgehead atoms. The first-order valence-electron chi connectivity index (χ1n) is 6.79. The summed E-state index contributed by atoms with van der Waals surface area (Å²) < 4.78 is 6.42. The summed E-state index contributed by atoms with van der Waals surface area (Å²) in [6.07, 6.45) is 0. The molecule has 0 radical (unpaired) electrons. The summed E-state index contributed by atoms with van der Waals surface area (Å²) in [6, 6.07) is 8.05. The molecule has 1 aliphatic rings. The lowest BCUT2D eigenvalue weighted by molar-refractivity contribution is 0.154. The first kappa shape index (κ1) is 13.7. The van der Waals surface area contributed by atoms with Crippen LogP contribution in [0.25, 0.3) is 11.4 Å². The Labute approximate surface area is 126 Å². The van der Waals surface area contributed by atoms with Gasteiger partial charge in [0.2, 0.25) is 11.7 Å². The molecule has 5 nitrogen and oxygen atoms in total. The molecule has 0 saturated carbocycles. The van der Waals surface area contributed by atoms with Crippen LogP contribution in [0.3, 0.4) is 0 Å². The zero-order valence-corrected chi connectivity index (χ0v) is 12.9. The van der Waals surface area contributed by atoms with Gasteiger partial charge in [0.1, 0.15) is 0 Å². The number of hydrogen-bond acceptors (Lipinski definition) is 5. The van der Waals surface area contributed by atoms with Gasteiger partial charge in [-0.05, 0) is 19.1 Å². The van der Waals surface area contributed by atoms with Crippen LogP contribution in [0.2, 0.25) is 0 Å². The molecule has 1 aromatic heterocycles. The number of nitrogens with zero attached hydrogens (tertiary/aromatic N) is 3. The number of aromatic nitrogens is 2. The van der Waals surface area contributed by atoms with Gasteiger partial charge in [-0.15, -0.1) is 0 Å². The van der Waals surface area contributed by atoms with E-state index in [1.54, 1.807) is 0 Å². The van der Waals surface area contributed by atoms with Crippen molar-refractivity contribution in [3.8, 4) is 11.4 Å². The van der Waals surface area contributed by atoms with Gasteiger partial charge in [-0.3, -0.25) is 4.90 Å². The van der Waals surface area contributed by atoms with Crippen molar-refractivity contribution >= 4 is 15.9 Å². The SMILES string of the molecule is CC(c1nc(-c2ccccc2Br)no1)N1CCNCC1. The van der Waals surface area contributed by atoms with Gasteiger partial charge in [-0.2, -0.15) is 4.98 Å². The number of nitrogens with one attached hydrogen (secondary N) is 1. The van der Waals surface area contributed by atoms with Crippen molar-refractivity contribution in [3.63, 3.8) is 0 Å². The molecule has 2 heterocycles. The van der Waals surface area contributed by atoms with E-state index in [4.69, 9.17) is 4.52 Å². The zero-order valence-electron chi connectivity index (χ0n) is 11.3. The predicted molar refractivity (Wildman–Crippen MR) is 80.3 cm³/mol. The Morgan fingerprint density at radius 3 is 2.80 bits per heavy atom. The Bertz CT molecular complexity index is 580. The summed E-state index contributed by atoms with van der Waals surface area (Å²) in [7, 11) is 0. The van der Waals surface area contributed by atoms with Crippen LogP contribution < -0.4 is 5.32 Å². The molecule has 1 unspecified atom stereocenters. The first-order chi connectivity index (χ1) is 9.75. The molecule has 20 heavy (non-hydrogen) atoms. The zero-order chi connectivity index (χ0) is 13.9. The van der Waals surface area contributed by atoms with E-state index < -0.39 is 0 Å². The molecule has 106 valence electrons. The molecule has 1 aromatic carbocycles. The van der Waals surface area contributed by atoms with Gasteiger partial charge >= 0.3 is 0 Å². The van der Waals surface area contributed by atoms with Crippen molar-refractivity contribution < 1.29 is 4.52 Å². The quantitative estimate of drug-likeness (QED) is 0.933. The minimum absolute atomic E-state index is 0.154. The summed E-state index contributed by atoms with van der Waals surface area (Å²) in [5, 5.41) is 7.45. The van der Waals surface area contributed by atoms with Gasteiger partial charge in [-0.25, -0.2) is 0 Å². The van der Waals surface area contributed by atoms with Gasteiger partial charge in [-0.1, -0.05) is 33.2 Å². The first-order valence-corrected chi connectivity index (χ1v) is 7.58. The fraction of sp³-hybridized carbons (Fsp3) is 0.429. The largest absolute Gasteiger partial charge is 0.337 e. The molecule has 0 amide bonds. The summed E-state index contributed by atoms with van der Waals surface area (Å²) >= 11 is 3.52. The maximum absolute atomic E-state index is 5.45. The summed E-state index contributed by atoms with van der Waals surface area (Å²) in [6.45, 7) is 6.15. The minimum atomic E-state index is 0.154. The molecule has 1 saturated heterocycles. The number of piperazine rings is 1. The van der Waals surface area contributed by atoms with Crippen LogP contribution in [-0.4, -0.2) is 41.2 Å². The Morgan fingerprint density at radius 2 is 2.05 bits per heavy atom.